The Labute approximate surface area is 116 Å². The van der Waals surface area contributed by atoms with E-state index in [4.69, 9.17) is 24.5 Å². The highest BCUT2D eigenvalue weighted by Crippen LogP contribution is 2.36. The zero-order valence-electron chi connectivity index (χ0n) is 11.7. The third-order valence-corrected chi connectivity index (χ3v) is 2.76. The van der Waals surface area contributed by atoms with Crippen molar-refractivity contribution in [2.24, 2.45) is 5.73 Å². The normalized spacial score (nSPS) is 10.6. The van der Waals surface area contributed by atoms with Crippen LogP contribution in [0.2, 0.25) is 0 Å². The standard InChI is InChI=1S/C13H17N3O4/c1-17-7-8-4-9(18-2)5-10(12(8)19-3)13-15-11(6-14)20-16-13/h4-5H,6-7,14H2,1-3H3. The first kappa shape index (κ1) is 14.3. The lowest BCUT2D eigenvalue weighted by Gasteiger charge is -2.13. The van der Waals surface area contributed by atoms with Gasteiger partial charge in [-0.05, 0) is 12.1 Å². The fourth-order valence-corrected chi connectivity index (χ4v) is 1.89. The Morgan fingerprint density at radius 1 is 1.20 bits per heavy atom. The Morgan fingerprint density at radius 3 is 2.55 bits per heavy atom. The Bertz CT molecular complexity index is 583. The van der Waals surface area contributed by atoms with E-state index in [-0.39, 0.29) is 6.54 Å². The number of benzene rings is 1. The predicted octanol–water partition coefficient (Wildman–Crippen LogP) is 1.36. The molecule has 0 fully saturated rings. The van der Waals surface area contributed by atoms with E-state index in [1.807, 2.05) is 6.07 Å². The van der Waals surface area contributed by atoms with Crippen LogP contribution in [0.1, 0.15) is 11.5 Å². The molecular weight excluding hydrogens is 262 g/mol. The van der Waals surface area contributed by atoms with Crippen LogP contribution in [-0.2, 0) is 17.9 Å². The molecule has 0 amide bonds. The maximum atomic E-state index is 5.47. The van der Waals surface area contributed by atoms with Crippen molar-refractivity contribution in [3.63, 3.8) is 0 Å². The van der Waals surface area contributed by atoms with E-state index in [0.29, 0.717) is 35.4 Å². The van der Waals surface area contributed by atoms with Crippen LogP contribution in [-0.4, -0.2) is 31.5 Å². The summed E-state index contributed by atoms with van der Waals surface area (Å²) in [5.74, 6) is 2.04. The second kappa shape index (κ2) is 6.36. The molecule has 108 valence electrons. The van der Waals surface area contributed by atoms with Crippen LogP contribution in [0.15, 0.2) is 16.7 Å². The molecule has 1 aromatic carbocycles. The van der Waals surface area contributed by atoms with Gasteiger partial charge in [0.15, 0.2) is 0 Å². The number of hydrogen-bond donors (Lipinski definition) is 1. The van der Waals surface area contributed by atoms with Gasteiger partial charge in [-0.1, -0.05) is 5.16 Å². The van der Waals surface area contributed by atoms with E-state index >= 15 is 0 Å². The van der Waals surface area contributed by atoms with Crippen LogP contribution in [0.3, 0.4) is 0 Å². The highest BCUT2D eigenvalue weighted by Gasteiger charge is 2.18. The highest BCUT2D eigenvalue weighted by molar-refractivity contribution is 5.68. The van der Waals surface area contributed by atoms with Gasteiger partial charge in [0.1, 0.15) is 11.5 Å². The van der Waals surface area contributed by atoms with Gasteiger partial charge in [-0.25, -0.2) is 0 Å². The molecule has 7 heteroatoms. The second-order valence-electron chi connectivity index (χ2n) is 4.02. The fraction of sp³-hybridized carbons (Fsp3) is 0.385. The van der Waals surface area contributed by atoms with E-state index in [9.17, 15) is 0 Å². The summed E-state index contributed by atoms with van der Waals surface area (Å²) in [4.78, 5) is 4.21. The third-order valence-electron chi connectivity index (χ3n) is 2.76. The molecule has 0 spiro atoms. The molecule has 0 saturated carbocycles. The molecule has 0 aliphatic heterocycles. The first-order valence-corrected chi connectivity index (χ1v) is 6.00. The average molecular weight is 279 g/mol. The molecule has 2 N–H and O–H groups in total. The van der Waals surface area contributed by atoms with Crippen molar-refractivity contribution in [1.29, 1.82) is 0 Å². The van der Waals surface area contributed by atoms with Crippen LogP contribution < -0.4 is 15.2 Å². The Kier molecular flexibility index (Phi) is 4.54. The van der Waals surface area contributed by atoms with Gasteiger partial charge in [-0.3, -0.25) is 0 Å². The smallest absolute Gasteiger partial charge is 0.240 e. The van der Waals surface area contributed by atoms with Crippen molar-refractivity contribution in [2.45, 2.75) is 13.2 Å². The van der Waals surface area contributed by atoms with Gasteiger partial charge in [0, 0.05) is 12.7 Å². The first-order valence-electron chi connectivity index (χ1n) is 6.00. The molecule has 0 saturated heterocycles. The number of rotatable bonds is 6. The lowest BCUT2D eigenvalue weighted by atomic mass is 10.1. The van der Waals surface area contributed by atoms with Crippen LogP contribution >= 0.6 is 0 Å². The van der Waals surface area contributed by atoms with E-state index in [0.717, 1.165) is 5.56 Å². The fourth-order valence-electron chi connectivity index (χ4n) is 1.89. The monoisotopic (exact) mass is 279 g/mol. The number of nitrogens with zero attached hydrogens (tertiary/aromatic N) is 2. The number of hydrogen-bond acceptors (Lipinski definition) is 7. The zero-order chi connectivity index (χ0) is 14.5. The minimum Gasteiger partial charge on any atom is -0.497 e. The maximum Gasteiger partial charge on any atom is 0.240 e. The van der Waals surface area contributed by atoms with E-state index < -0.39 is 0 Å². The van der Waals surface area contributed by atoms with Crippen molar-refractivity contribution in [2.75, 3.05) is 21.3 Å². The molecule has 1 heterocycles. The number of aromatic nitrogens is 2. The molecule has 0 unspecified atom stereocenters. The van der Waals surface area contributed by atoms with E-state index in [1.165, 1.54) is 0 Å². The number of methoxy groups -OCH3 is 3. The van der Waals surface area contributed by atoms with Gasteiger partial charge in [0.2, 0.25) is 11.7 Å². The maximum absolute atomic E-state index is 5.47. The van der Waals surface area contributed by atoms with Gasteiger partial charge < -0.3 is 24.5 Å². The van der Waals surface area contributed by atoms with Gasteiger partial charge in [-0.2, -0.15) is 4.98 Å². The second-order valence-corrected chi connectivity index (χ2v) is 4.02. The number of nitrogens with two attached hydrogens (primary N) is 1. The summed E-state index contributed by atoms with van der Waals surface area (Å²) in [5, 5.41) is 3.90. The van der Waals surface area contributed by atoms with Crippen molar-refractivity contribution in [3.8, 4) is 22.9 Å². The number of ether oxygens (including phenoxy) is 3. The SMILES string of the molecule is COCc1cc(OC)cc(-c2noc(CN)n2)c1OC. The van der Waals surface area contributed by atoms with Crippen molar-refractivity contribution in [3.05, 3.63) is 23.6 Å². The molecule has 0 aliphatic rings. The van der Waals surface area contributed by atoms with Gasteiger partial charge in [-0.15, -0.1) is 0 Å². The quantitative estimate of drug-likeness (QED) is 0.853. The summed E-state index contributed by atoms with van der Waals surface area (Å²) < 4.78 is 20.9. The van der Waals surface area contributed by atoms with Gasteiger partial charge in [0.25, 0.3) is 0 Å². The Morgan fingerprint density at radius 2 is 2.00 bits per heavy atom. The molecule has 20 heavy (non-hydrogen) atoms. The average Bonchev–Trinajstić information content (AvgIpc) is 2.95. The summed E-state index contributed by atoms with van der Waals surface area (Å²) >= 11 is 0. The van der Waals surface area contributed by atoms with Crippen molar-refractivity contribution in [1.82, 2.24) is 10.1 Å². The van der Waals surface area contributed by atoms with Crippen LogP contribution in [0.25, 0.3) is 11.4 Å². The first-order chi connectivity index (χ1) is 9.73. The van der Waals surface area contributed by atoms with Crippen LogP contribution in [0.4, 0.5) is 0 Å². The third kappa shape index (κ3) is 2.73. The minimum atomic E-state index is 0.185. The van der Waals surface area contributed by atoms with E-state index in [2.05, 4.69) is 10.1 Å². The predicted molar refractivity (Wildman–Crippen MR) is 71.4 cm³/mol. The molecular formula is C13H17N3O4. The highest BCUT2D eigenvalue weighted by atomic mass is 16.5. The summed E-state index contributed by atoms with van der Waals surface area (Å²) in [5.41, 5.74) is 6.98. The molecule has 7 nitrogen and oxygen atoms in total. The van der Waals surface area contributed by atoms with Crippen LogP contribution in [0, 0.1) is 0 Å². The molecule has 2 aromatic rings. The molecule has 0 bridgehead atoms. The summed E-state index contributed by atoms with van der Waals surface area (Å²) in [6.07, 6.45) is 0. The Balaban J connectivity index is 2.56. The molecule has 0 radical (unpaired) electrons. The lowest BCUT2D eigenvalue weighted by Crippen LogP contribution is -1.99. The van der Waals surface area contributed by atoms with Crippen molar-refractivity contribution >= 4 is 0 Å². The van der Waals surface area contributed by atoms with Gasteiger partial charge in [0.05, 0.1) is 32.9 Å². The van der Waals surface area contributed by atoms with Crippen molar-refractivity contribution < 1.29 is 18.7 Å². The van der Waals surface area contributed by atoms with Crippen LogP contribution in [0.5, 0.6) is 11.5 Å². The zero-order valence-corrected chi connectivity index (χ0v) is 11.7. The summed E-state index contributed by atoms with van der Waals surface area (Å²) in [7, 11) is 4.78. The minimum absolute atomic E-state index is 0.185. The molecule has 0 atom stereocenters. The Hall–Kier alpha value is -2.12. The molecule has 2 rings (SSSR count). The topological polar surface area (TPSA) is 92.6 Å². The van der Waals surface area contributed by atoms with Gasteiger partial charge >= 0.3 is 0 Å². The molecule has 0 aliphatic carbocycles. The summed E-state index contributed by atoms with van der Waals surface area (Å²) in [6.45, 7) is 0.569. The lowest BCUT2D eigenvalue weighted by molar-refractivity contribution is 0.181. The largest absolute Gasteiger partial charge is 0.497 e. The van der Waals surface area contributed by atoms with E-state index in [1.54, 1.807) is 27.4 Å². The summed E-state index contributed by atoms with van der Waals surface area (Å²) in [6, 6.07) is 3.62. The molecule has 1 aromatic heterocycles.